The molecule has 2 fully saturated rings. The third kappa shape index (κ3) is 4.24. The summed E-state index contributed by atoms with van der Waals surface area (Å²) >= 11 is 0. The number of nitrogens with one attached hydrogen (secondary N) is 1. The largest absolute Gasteiger partial charge is 0.370 e. The fourth-order valence-electron chi connectivity index (χ4n) is 3.54. The van der Waals surface area contributed by atoms with Crippen molar-refractivity contribution in [1.82, 2.24) is 5.32 Å². The zero-order valence-electron chi connectivity index (χ0n) is 12.2. The van der Waals surface area contributed by atoms with E-state index < -0.39 is 0 Å². The second kappa shape index (κ2) is 7.49. The van der Waals surface area contributed by atoms with E-state index in [1.807, 2.05) is 0 Å². The first-order valence-corrected chi connectivity index (χ1v) is 8.23. The lowest BCUT2D eigenvalue weighted by atomic mass is 9.83. The summed E-state index contributed by atoms with van der Waals surface area (Å²) in [5.74, 6) is 0. The van der Waals surface area contributed by atoms with Crippen LogP contribution in [0.5, 0.6) is 0 Å². The van der Waals surface area contributed by atoms with Crippen molar-refractivity contribution in [2.24, 2.45) is 0 Å². The molecule has 0 amide bonds. The lowest BCUT2D eigenvalue weighted by Gasteiger charge is -2.33. The molecule has 0 aromatic heterocycles. The van der Waals surface area contributed by atoms with Crippen molar-refractivity contribution in [2.45, 2.75) is 89.3 Å². The van der Waals surface area contributed by atoms with Gasteiger partial charge in [0.25, 0.3) is 0 Å². The van der Waals surface area contributed by atoms with Crippen LogP contribution in [0.15, 0.2) is 0 Å². The molecule has 1 atom stereocenters. The summed E-state index contributed by atoms with van der Waals surface area (Å²) in [6.45, 7) is 4.52. The van der Waals surface area contributed by atoms with E-state index in [-0.39, 0.29) is 0 Å². The molecule has 2 heteroatoms. The molecule has 1 unspecified atom stereocenters. The Morgan fingerprint density at radius 1 is 1.06 bits per heavy atom. The van der Waals surface area contributed by atoms with Crippen LogP contribution in [-0.2, 0) is 4.74 Å². The van der Waals surface area contributed by atoms with Gasteiger partial charge in [-0.05, 0) is 38.6 Å². The molecule has 0 aromatic rings. The Kier molecular flexibility index (Phi) is 5.97. The summed E-state index contributed by atoms with van der Waals surface area (Å²) in [5, 5.41) is 3.58. The van der Waals surface area contributed by atoms with Gasteiger partial charge in [-0.2, -0.15) is 0 Å². The molecule has 1 aliphatic carbocycles. The molecular formula is C16H31NO. The number of ether oxygens (including phenoxy) is 1. The second-order valence-electron chi connectivity index (χ2n) is 6.29. The van der Waals surface area contributed by atoms with Gasteiger partial charge in [-0.3, -0.25) is 0 Å². The van der Waals surface area contributed by atoms with Gasteiger partial charge in [-0.15, -0.1) is 0 Å². The molecule has 0 bridgehead atoms. The molecule has 106 valence electrons. The van der Waals surface area contributed by atoms with E-state index in [1.54, 1.807) is 0 Å². The molecule has 1 N–H and O–H groups in total. The average Bonchev–Trinajstić information content (AvgIpc) is 2.78. The third-order valence-corrected chi connectivity index (χ3v) is 4.68. The van der Waals surface area contributed by atoms with Crippen LogP contribution in [-0.4, -0.2) is 24.8 Å². The molecule has 2 rings (SSSR count). The van der Waals surface area contributed by atoms with Crippen LogP contribution in [0.25, 0.3) is 0 Å². The maximum atomic E-state index is 6.36. The monoisotopic (exact) mass is 253 g/mol. The van der Waals surface area contributed by atoms with Gasteiger partial charge in [0.15, 0.2) is 0 Å². The highest BCUT2D eigenvalue weighted by molar-refractivity contribution is 4.91. The number of hydrogen-bond donors (Lipinski definition) is 1. The van der Waals surface area contributed by atoms with Gasteiger partial charge in [0.1, 0.15) is 0 Å². The molecule has 0 radical (unpaired) electrons. The van der Waals surface area contributed by atoms with Gasteiger partial charge in [0, 0.05) is 6.54 Å². The van der Waals surface area contributed by atoms with Crippen LogP contribution in [0.4, 0.5) is 0 Å². The lowest BCUT2D eigenvalue weighted by molar-refractivity contribution is -0.0623. The summed E-state index contributed by atoms with van der Waals surface area (Å²) in [7, 11) is 0. The van der Waals surface area contributed by atoms with Crippen molar-refractivity contribution in [1.29, 1.82) is 0 Å². The topological polar surface area (TPSA) is 21.3 Å². The van der Waals surface area contributed by atoms with Crippen LogP contribution in [0, 0.1) is 0 Å². The molecule has 1 spiro atoms. The van der Waals surface area contributed by atoms with E-state index in [1.165, 1.54) is 77.2 Å². The number of hydrogen-bond acceptors (Lipinski definition) is 2. The van der Waals surface area contributed by atoms with Crippen molar-refractivity contribution >= 4 is 0 Å². The first kappa shape index (κ1) is 14.3. The highest BCUT2D eigenvalue weighted by Crippen LogP contribution is 2.41. The summed E-state index contributed by atoms with van der Waals surface area (Å²) in [4.78, 5) is 0. The molecule has 1 aliphatic heterocycles. The number of unbranched alkanes of at least 4 members (excludes halogenated alkanes) is 3. The maximum absolute atomic E-state index is 6.36. The van der Waals surface area contributed by atoms with Crippen molar-refractivity contribution in [3.63, 3.8) is 0 Å². The van der Waals surface area contributed by atoms with E-state index >= 15 is 0 Å². The first-order chi connectivity index (χ1) is 8.85. The van der Waals surface area contributed by atoms with Crippen LogP contribution < -0.4 is 5.32 Å². The van der Waals surface area contributed by atoms with Crippen molar-refractivity contribution in [3.8, 4) is 0 Å². The van der Waals surface area contributed by atoms with E-state index in [0.717, 1.165) is 6.54 Å². The summed E-state index contributed by atoms with van der Waals surface area (Å²) in [6, 6.07) is 0. The highest BCUT2D eigenvalue weighted by atomic mass is 16.5. The van der Waals surface area contributed by atoms with E-state index in [2.05, 4.69) is 12.2 Å². The predicted octanol–water partition coefficient (Wildman–Crippen LogP) is 4.04. The van der Waals surface area contributed by atoms with Gasteiger partial charge in [0.2, 0.25) is 0 Å². The summed E-state index contributed by atoms with van der Waals surface area (Å²) in [5.41, 5.74) is 0.298. The minimum Gasteiger partial charge on any atom is -0.370 e. The smallest absolute Gasteiger partial charge is 0.0708 e. The van der Waals surface area contributed by atoms with Gasteiger partial charge >= 0.3 is 0 Å². The Bertz CT molecular complexity index is 223. The van der Waals surface area contributed by atoms with Gasteiger partial charge in [-0.25, -0.2) is 0 Å². The van der Waals surface area contributed by atoms with Crippen LogP contribution in [0.2, 0.25) is 0 Å². The fraction of sp³-hybridized carbons (Fsp3) is 1.00. The van der Waals surface area contributed by atoms with Crippen LogP contribution in [0.1, 0.15) is 77.6 Å². The minimum atomic E-state index is 0.298. The molecule has 18 heavy (non-hydrogen) atoms. The highest BCUT2D eigenvalue weighted by Gasteiger charge is 2.40. The zero-order valence-corrected chi connectivity index (χ0v) is 12.2. The molecular weight excluding hydrogens is 222 g/mol. The Morgan fingerprint density at radius 3 is 2.67 bits per heavy atom. The second-order valence-corrected chi connectivity index (χ2v) is 6.29. The van der Waals surface area contributed by atoms with Crippen molar-refractivity contribution < 1.29 is 4.74 Å². The van der Waals surface area contributed by atoms with Crippen molar-refractivity contribution in [2.75, 3.05) is 13.1 Å². The zero-order chi connectivity index (χ0) is 12.7. The third-order valence-electron chi connectivity index (χ3n) is 4.68. The maximum Gasteiger partial charge on any atom is 0.0708 e. The SMILES string of the molecule is CCCCCCNCC1CCC2(CCCCC2)O1. The molecule has 1 saturated carbocycles. The Balaban J connectivity index is 1.55. The Morgan fingerprint density at radius 2 is 1.89 bits per heavy atom. The van der Waals surface area contributed by atoms with Gasteiger partial charge in [0.05, 0.1) is 11.7 Å². The summed E-state index contributed by atoms with van der Waals surface area (Å²) < 4.78 is 6.36. The quantitative estimate of drug-likeness (QED) is 0.691. The molecule has 2 aliphatic rings. The van der Waals surface area contributed by atoms with E-state index in [0.29, 0.717) is 11.7 Å². The normalized spacial score (nSPS) is 26.8. The molecule has 0 aromatic carbocycles. The first-order valence-electron chi connectivity index (χ1n) is 8.23. The summed E-state index contributed by atoms with van der Waals surface area (Å²) in [6.07, 6.45) is 15.3. The lowest BCUT2D eigenvalue weighted by Crippen LogP contribution is -2.34. The minimum absolute atomic E-state index is 0.298. The van der Waals surface area contributed by atoms with Crippen molar-refractivity contribution in [3.05, 3.63) is 0 Å². The van der Waals surface area contributed by atoms with Crippen LogP contribution >= 0.6 is 0 Å². The van der Waals surface area contributed by atoms with Gasteiger partial charge < -0.3 is 10.1 Å². The number of rotatable bonds is 7. The molecule has 2 nitrogen and oxygen atoms in total. The van der Waals surface area contributed by atoms with E-state index in [9.17, 15) is 0 Å². The van der Waals surface area contributed by atoms with E-state index in [4.69, 9.17) is 4.74 Å². The fourth-order valence-corrected chi connectivity index (χ4v) is 3.54. The predicted molar refractivity (Wildman–Crippen MR) is 76.9 cm³/mol. The van der Waals surface area contributed by atoms with Gasteiger partial charge in [-0.1, -0.05) is 45.4 Å². The average molecular weight is 253 g/mol. The molecule has 1 saturated heterocycles. The molecule has 1 heterocycles. The Labute approximate surface area is 113 Å². The van der Waals surface area contributed by atoms with Crippen LogP contribution in [0.3, 0.4) is 0 Å². The standard InChI is InChI=1S/C16H31NO/c1-2-3-4-8-13-17-14-15-9-12-16(18-15)10-6-5-7-11-16/h15,17H,2-14H2,1H3. The Hall–Kier alpha value is -0.0800.